The Bertz CT molecular complexity index is 662. The van der Waals surface area contributed by atoms with Gasteiger partial charge in [0.15, 0.2) is 5.75 Å². The van der Waals surface area contributed by atoms with Crippen LogP contribution in [0.2, 0.25) is 5.02 Å². The van der Waals surface area contributed by atoms with Crippen molar-refractivity contribution < 1.29 is 14.8 Å². The van der Waals surface area contributed by atoms with E-state index in [1.807, 2.05) is 0 Å². The monoisotopic (exact) mass is 332 g/mol. The minimum atomic E-state index is -0.725. The fourth-order valence-electron chi connectivity index (χ4n) is 1.57. The van der Waals surface area contributed by atoms with Crippen LogP contribution in [-0.4, -0.2) is 22.1 Å². The van der Waals surface area contributed by atoms with Gasteiger partial charge in [0.1, 0.15) is 6.20 Å². The van der Waals surface area contributed by atoms with Crippen molar-refractivity contribution >= 4 is 44.1 Å². The number of hydrogen-bond acceptors (Lipinski definition) is 5. The van der Waals surface area contributed by atoms with Crippen LogP contribution in [-0.2, 0) is 0 Å². The maximum Gasteiger partial charge on any atom is 0.329 e. The topological polar surface area (TPSA) is 85.5 Å². The second kappa shape index (κ2) is 4.58. The number of nitrogens with zero attached hydrogens (tertiary/aromatic N) is 2. The lowest BCUT2D eigenvalue weighted by Crippen LogP contribution is -1.94. The molecule has 0 amide bonds. The standard InChI is InChI=1S/C10H6BrClN2O4/c1-18-10-7-5(2-4(11)8(10)12)13-3-6(9(7)15)14(16)17/h2-3H,1H3,(H,13,15). The Kier molecular flexibility index (Phi) is 3.27. The van der Waals surface area contributed by atoms with Crippen molar-refractivity contribution in [1.82, 2.24) is 4.98 Å². The molecule has 0 saturated heterocycles. The van der Waals surface area contributed by atoms with Gasteiger partial charge in [-0.25, -0.2) is 4.98 Å². The molecule has 0 unspecified atom stereocenters. The number of halogens is 2. The van der Waals surface area contributed by atoms with Gasteiger partial charge in [-0.05, 0) is 22.0 Å². The molecule has 0 fully saturated rings. The molecule has 0 aliphatic heterocycles. The SMILES string of the molecule is COc1c(Cl)c(Br)cc2ncc([N+](=O)[O-])c(O)c12. The van der Waals surface area contributed by atoms with Crippen molar-refractivity contribution in [3.05, 3.63) is 31.9 Å². The fraction of sp³-hybridized carbons (Fsp3) is 0.100. The molecule has 18 heavy (non-hydrogen) atoms. The summed E-state index contributed by atoms with van der Waals surface area (Å²) in [5, 5.41) is 21.0. The van der Waals surface area contributed by atoms with E-state index in [-0.39, 0.29) is 16.2 Å². The van der Waals surface area contributed by atoms with Crippen LogP contribution in [0.5, 0.6) is 11.5 Å². The van der Waals surface area contributed by atoms with Gasteiger partial charge in [0.2, 0.25) is 5.75 Å². The summed E-state index contributed by atoms with van der Waals surface area (Å²) >= 11 is 9.21. The lowest BCUT2D eigenvalue weighted by atomic mass is 10.1. The summed E-state index contributed by atoms with van der Waals surface area (Å²) < 4.78 is 5.59. The Balaban J connectivity index is 2.95. The Morgan fingerprint density at radius 3 is 2.83 bits per heavy atom. The van der Waals surface area contributed by atoms with E-state index in [0.717, 1.165) is 6.20 Å². The highest BCUT2D eigenvalue weighted by Crippen LogP contribution is 2.44. The molecule has 1 N–H and O–H groups in total. The predicted octanol–water partition coefficient (Wildman–Crippen LogP) is 3.27. The number of fused-ring (bicyclic) bond motifs is 1. The van der Waals surface area contributed by atoms with Gasteiger partial charge in [0, 0.05) is 4.47 Å². The molecule has 2 rings (SSSR count). The summed E-state index contributed by atoms with van der Waals surface area (Å²) in [6.45, 7) is 0. The van der Waals surface area contributed by atoms with E-state index in [9.17, 15) is 15.2 Å². The third-order valence-electron chi connectivity index (χ3n) is 2.36. The Morgan fingerprint density at radius 2 is 2.28 bits per heavy atom. The molecule has 0 aliphatic rings. The molecular formula is C10H6BrClN2O4. The first-order chi connectivity index (χ1) is 8.47. The first kappa shape index (κ1) is 12.8. The number of rotatable bonds is 2. The number of hydrogen-bond donors (Lipinski definition) is 1. The molecule has 94 valence electrons. The minimum absolute atomic E-state index is 0.111. The van der Waals surface area contributed by atoms with E-state index in [1.54, 1.807) is 6.07 Å². The van der Waals surface area contributed by atoms with E-state index in [0.29, 0.717) is 9.99 Å². The summed E-state index contributed by atoms with van der Waals surface area (Å²) in [5.74, 6) is -0.383. The van der Waals surface area contributed by atoms with Gasteiger partial charge in [-0.3, -0.25) is 10.1 Å². The van der Waals surface area contributed by atoms with Crippen molar-refractivity contribution in [2.75, 3.05) is 7.11 Å². The van der Waals surface area contributed by atoms with Crippen molar-refractivity contribution in [3.63, 3.8) is 0 Å². The van der Waals surface area contributed by atoms with Gasteiger partial charge < -0.3 is 9.84 Å². The third kappa shape index (κ3) is 1.85. The van der Waals surface area contributed by atoms with Crippen LogP contribution >= 0.6 is 27.5 Å². The molecule has 0 aliphatic carbocycles. The normalized spacial score (nSPS) is 10.6. The molecule has 1 aromatic carbocycles. The number of methoxy groups -OCH3 is 1. The zero-order valence-corrected chi connectivity index (χ0v) is 11.3. The number of pyridine rings is 1. The molecule has 0 saturated carbocycles. The van der Waals surface area contributed by atoms with Crippen molar-refractivity contribution in [3.8, 4) is 11.5 Å². The highest BCUT2D eigenvalue weighted by atomic mass is 79.9. The molecule has 0 bridgehead atoms. The lowest BCUT2D eigenvalue weighted by Gasteiger charge is -2.10. The zero-order valence-electron chi connectivity index (χ0n) is 8.98. The first-order valence-electron chi connectivity index (χ1n) is 4.65. The van der Waals surface area contributed by atoms with Crippen LogP contribution in [0.1, 0.15) is 0 Å². The minimum Gasteiger partial charge on any atom is -0.501 e. The number of nitro groups is 1. The zero-order chi connectivity index (χ0) is 13.4. The summed E-state index contributed by atoms with van der Waals surface area (Å²) in [7, 11) is 1.35. The van der Waals surface area contributed by atoms with Gasteiger partial charge in [0.05, 0.1) is 28.0 Å². The smallest absolute Gasteiger partial charge is 0.329 e. The van der Waals surface area contributed by atoms with E-state index in [1.165, 1.54) is 7.11 Å². The van der Waals surface area contributed by atoms with Crippen LogP contribution in [0.3, 0.4) is 0 Å². The molecule has 0 spiro atoms. The van der Waals surface area contributed by atoms with Crippen LogP contribution in [0, 0.1) is 10.1 Å². The summed E-state index contributed by atoms with van der Waals surface area (Å²) in [5.41, 5.74) is -0.162. The molecule has 0 radical (unpaired) electrons. The fourth-order valence-corrected chi connectivity index (χ4v) is 2.19. The summed E-state index contributed by atoms with van der Waals surface area (Å²) in [6, 6.07) is 1.55. The van der Waals surface area contributed by atoms with Crippen molar-refractivity contribution in [2.24, 2.45) is 0 Å². The van der Waals surface area contributed by atoms with E-state index in [2.05, 4.69) is 20.9 Å². The van der Waals surface area contributed by atoms with Crippen molar-refractivity contribution in [1.29, 1.82) is 0 Å². The highest BCUT2D eigenvalue weighted by molar-refractivity contribution is 9.10. The van der Waals surface area contributed by atoms with Gasteiger partial charge in [0.25, 0.3) is 0 Å². The van der Waals surface area contributed by atoms with Gasteiger partial charge in [-0.15, -0.1) is 0 Å². The quantitative estimate of drug-likeness (QED) is 0.673. The van der Waals surface area contributed by atoms with Crippen molar-refractivity contribution in [2.45, 2.75) is 0 Å². The molecular weight excluding hydrogens is 327 g/mol. The molecule has 8 heteroatoms. The Hall–Kier alpha value is -1.60. The number of ether oxygens (including phenoxy) is 1. The number of benzene rings is 1. The largest absolute Gasteiger partial charge is 0.501 e. The molecule has 0 atom stereocenters. The molecule has 6 nitrogen and oxygen atoms in total. The molecule has 1 aromatic heterocycles. The second-order valence-corrected chi connectivity index (χ2v) is 4.58. The maximum atomic E-state index is 10.7. The number of aromatic nitrogens is 1. The Morgan fingerprint density at radius 1 is 1.61 bits per heavy atom. The molecule has 1 heterocycles. The van der Waals surface area contributed by atoms with Gasteiger partial charge >= 0.3 is 5.69 Å². The predicted molar refractivity (Wildman–Crippen MR) is 69.3 cm³/mol. The van der Waals surface area contributed by atoms with E-state index >= 15 is 0 Å². The van der Waals surface area contributed by atoms with Crippen LogP contribution in [0.25, 0.3) is 10.9 Å². The average Bonchev–Trinajstić information content (AvgIpc) is 2.31. The second-order valence-electron chi connectivity index (χ2n) is 3.35. The van der Waals surface area contributed by atoms with Crippen LogP contribution in [0.4, 0.5) is 5.69 Å². The number of aromatic hydroxyl groups is 1. The van der Waals surface area contributed by atoms with E-state index < -0.39 is 16.4 Å². The maximum absolute atomic E-state index is 10.7. The molecule has 2 aromatic rings. The Labute approximate surface area is 114 Å². The van der Waals surface area contributed by atoms with Crippen LogP contribution in [0.15, 0.2) is 16.7 Å². The highest BCUT2D eigenvalue weighted by Gasteiger charge is 2.22. The third-order valence-corrected chi connectivity index (χ3v) is 3.59. The van der Waals surface area contributed by atoms with Crippen LogP contribution < -0.4 is 4.74 Å². The lowest BCUT2D eigenvalue weighted by molar-refractivity contribution is -0.386. The summed E-state index contributed by atoms with van der Waals surface area (Å²) in [6.07, 6.45) is 0.984. The first-order valence-corrected chi connectivity index (χ1v) is 5.82. The van der Waals surface area contributed by atoms with E-state index in [4.69, 9.17) is 16.3 Å². The average molecular weight is 334 g/mol. The van der Waals surface area contributed by atoms with Gasteiger partial charge in [-0.1, -0.05) is 11.6 Å². The summed E-state index contributed by atoms with van der Waals surface area (Å²) in [4.78, 5) is 13.9. The van der Waals surface area contributed by atoms with Gasteiger partial charge in [-0.2, -0.15) is 0 Å².